The summed E-state index contributed by atoms with van der Waals surface area (Å²) in [5.74, 6) is -1.02. The first-order valence-electron chi connectivity index (χ1n) is 5.30. The van der Waals surface area contributed by atoms with Gasteiger partial charge >= 0.3 is 5.97 Å². The van der Waals surface area contributed by atoms with Crippen molar-refractivity contribution in [2.75, 3.05) is 6.54 Å². The number of carbonyl (C=O) groups excluding carboxylic acids is 1. The van der Waals surface area contributed by atoms with Crippen LogP contribution in [0.2, 0.25) is 0 Å². The van der Waals surface area contributed by atoms with Gasteiger partial charge < -0.3 is 14.9 Å². The van der Waals surface area contributed by atoms with Gasteiger partial charge in [0.2, 0.25) is 6.39 Å². The van der Waals surface area contributed by atoms with Gasteiger partial charge in [-0.2, -0.15) is 4.98 Å². The van der Waals surface area contributed by atoms with E-state index in [0.717, 1.165) is 4.68 Å². The molecule has 2 aromatic rings. The molecule has 0 aromatic carbocycles. The minimum atomic E-state index is -1.06. The Morgan fingerprint density at radius 1 is 1.47 bits per heavy atom. The highest BCUT2D eigenvalue weighted by atomic mass is 16.5. The molecule has 0 atom stereocenters. The Balaban J connectivity index is 1.82. The van der Waals surface area contributed by atoms with Crippen LogP contribution in [0.15, 0.2) is 17.1 Å². The van der Waals surface area contributed by atoms with E-state index < -0.39 is 11.9 Å². The Labute approximate surface area is 106 Å². The molecule has 0 aliphatic carbocycles. The number of hydrogen-bond donors (Lipinski definition) is 2. The maximum Gasteiger partial charge on any atom is 0.325 e. The van der Waals surface area contributed by atoms with Crippen molar-refractivity contribution in [2.24, 2.45) is 0 Å². The lowest BCUT2D eigenvalue weighted by atomic mass is 10.4. The van der Waals surface area contributed by atoms with Crippen molar-refractivity contribution in [3.8, 4) is 0 Å². The Hall–Kier alpha value is -2.78. The van der Waals surface area contributed by atoms with Crippen molar-refractivity contribution < 1.29 is 19.2 Å². The molecule has 10 nitrogen and oxygen atoms in total. The van der Waals surface area contributed by atoms with Crippen LogP contribution in [0, 0.1) is 0 Å². The summed E-state index contributed by atoms with van der Waals surface area (Å²) >= 11 is 0. The van der Waals surface area contributed by atoms with Crippen molar-refractivity contribution in [2.45, 2.75) is 13.0 Å². The second kappa shape index (κ2) is 5.71. The zero-order valence-corrected chi connectivity index (χ0v) is 9.68. The second-order valence-electron chi connectivity index (χ2n) is 3.55. The number of carboxylic acid groups (broad SMARTS) is 1. The van der Waals surface area contributed by atoms with Gasteiger partial charge in [-0.25, -0.2) is 4.68 Å². The summed E-state index contributed by atoms with van der Waals surface area (Å²) in [4.78, 5) is 25.9. The van der Waals surface area contributed by atoms with Gasteiger partial charge in [-0.15, -0.1) is 5.10 Å². The summed E-state index contributed by atoms with van der Waals surface area (Å²) in [6, 6.07) is 0. The molecule has 0 saturated heterocycles. The quantitative estimate of drug-likeness (QED) is 0.659. The number of aromatic nitrogens is 5. The summed E-state index contributed by atoms with van der Waals surface area (Å²) in [5.41, 5.74) is 0.0503. The molecule has 0 fully saturated rings. The molecule has 0 radical (unpaired) electrons. The standard InChI is InChI=1S/C9H10N6O4/c16-8(17)4-15-3-6(12-14-15)9(18)10-2-1-7-11-5-19-13-7/h3,5H,1-2,4H2,(H,10,18)(H,16,17). The van der Waals surface area contributed by atoms with Crippen LogP contribution in [0.1, 0.15) is 16.3 Å². The van der Waals surface area contributed by atoms with E-state index in [1.165, 1.54) is 12.6 Å². The smallest absolute Gasteiger partial charge is 0.325 e. The lowest BCUT2D eigenvalue weighted by molar-refractivity contribution is -0.137. The molecule has 1 amide bonds. The number of nitrogens with one attached hydrogen (secondary N) is 1. The second-order valence-corrected chi connectivity index (χ2v) is 3.55. The normalized spacial score (nSPS) is 10.3. The van der Waals surface area contributed by atoms with E-state index in [1.807, 2.05) is 0 Å². The van der Waals surface area contributed by atoms with Gasteiger partial charge in [0.25, 0.3) is 5.91 Å². The first-order valence-corrected chi connectivity index (χ1v) is 5.30. The van der Waals surface area contributed by atoms with Crippen molar-refractivity contribution in [1.29, 1.82) is 0 Å². The fourth-order valence-corrected chi connectivity index (χ4v) is 1.30. The summed E-state index contributed by atoms with van der Waals surface area (Å²) in [7, 11) is 0. The van der Waals surface area contributed by atoms with Crippen LogP contribution in [-0.2, 0) is 17.8 Å². The van der Waals surface area contributed by atoms with E-state index in [0.29, 0.717) is 18.8 Å². The van der Waals surface area contributed by atoms with Gasteiger partial charge in [-0.05, 0) is 0 Å². The van der Waals surface area contributed by atoms with Gasteiger partial charge in [0.15, 0.2) is 11.5 Å². The molecule has 0 aliphatic heterocycles. The molecule has 19 heavy (non-hydrogen) atoms. The number of rotatable bonds is 6. The van der Waals surface area contributed by atoms with Crippen LogP contribution in [0.3, 0.4) is 0 Å². The number of carbonyl (C=O) groups is 2. The molecule has 10 heteroatoms. The van der Waals surface area contributed by atoms with Crippen LogP contribution in [0.4, 0.5) is 0 Å². The fourth-order valence-electron chi connectivity index (χ4n) is 1.30. The Morgan fingerprint density at radius 3 is 3.00 bits per heavy atom. The summed E-state index contributed by atoms with van der Waals surface area (Å²) in [6.45, 7) is -0.0344. The Bertz CT molecular complexity index is 563. The number of carboxylic acids is 1. The molecule has 0 saturated carbocycles. The molecular formula is C9H10N6O4. The Kier molecular flexibility index (Phi) is 3.81. The highest BCUT2D eigenvalue weighted by Gasteiger charge is 2.11. The third kappa shape index (κ3) is 3.59. The third-order valence-electron chi connectivity index (χ3n) is 2.11. The van der Waals surface area contributed by atoms with Crippen molar-refractivity contribution in [3.05, 3.63) is 24.1 Å². The van der Waals surface area contributed by atoms with Crippen LogP contribution in [0.5, 0.6) is 0 Å². The molecule has 0 spiro atoms. The number of amides is 1. The average Bonchev–Trinajstić information content (AvgIpc) is 2.99. The molecule has 2 N–H and O–H groups in total. The first kappa shape index (κ1) is 12.7. The SMILES string of the molecule is O=C(O)Cn1cc(C(=O)NCCc2ncon2)nn1. The molecule has 0 aliphatic rings. The van der Waals surface area contributed by atoms with Crippen molar-refractivity contribution in [1.82, 2.24) is 30.5 Å². The fraction of sp³-hybridized carbons (Fsp3) is 0.333. The van der Waals surface area contributed by atoms with Gasteiger partial charge in [-0.3, -0.25) is 9.59 Å². The minimum Gasteiger partial charge on any atom is -0.480 e. The monoisotopic (exact) mass is 266 g/mol. The average molecular weight is 266 g/mol. The topological polar surface area (TPSA) is 136 Å². The predicted molar refractivity (Wildman–Crippen MR) is 58.0 cm³/mol. The molecule has 2 heterocycles. The molecule has 0 unspecified atom stereocenters. The highest BCUT2D eigenvalue weighted by molar-refractivity contribution is 5.91. The Morgan fingerprint density at radius 2 is 2.32 bits per heavy atom. The lowest BCUT2D eigenvalue weighted by Crippen LogP contribution is -2.26. The van der Waals surface area contributed by atoms with E-state index in [4.69, 9.17) is 5.11 Å². The third-order valence-corrected chi connectivity index (χ3v) is 2.11. The van der Waals surface area contributed by atoms with Gasteiger partial charge in [0.05, 0.1) is 6.20 Å². The van der Waals surface area contributed by atoms with Crippen LogP contribution in [0.25, 0.3) is 0 Å². The summed E-state index contributed by atoms with van der Waals surface area (Å²) in [6.07, 6.45) is 2.89. The van der Waals surface area contributed by atoms with Crippen LogP contribution in [-0.4, -0.2) is 48.7 Å². The van der Waals surface area contributed by atoms with Crippen LogP contribution >= 0.6 is 0 Å². The molecule has 2 aromatic heterocycles. The zero-order valence-electron chi connectivity index (χ0n) is 9.68. The maximum absolute atomic E-state index is 11.6. The van der Waals surface area contributed by atoms with E-state index in [9.17, 15) is 9.59 Å². The van der Waals surface area contributed by atoms with E-state index in [-0.39, 0.29) is 12.2 Å². The van der Waals surface area contributed by atoms with Crippen molar-refractivity contribution >= 4 is 11.9 Å². The maximum atomic E-state index is 11.6. The summed E-state index contributed by atoms with van der Waals surface area (Å²) in [5, 5.41) is 21.8. The molecular weight excluding hydrogens is 256 g/mol. The lowest BCUT2D eigenvalue weighted by Gasteiger charge is -1.99. The number of hydrogen-bond acceptors (Lipinski definition) is 7. The van der Waals surface area contributed by atoms with Crippen molar-refractivity contribution in [3.63, 3.8) is 0 Å². The minimum absolute atomic E-state index is 0.0503. The zero-order chi connectivity index (χ0) is 13.7. The van der Waals surface area contributed by atoms with E-state index in [1.54, 1.807) is 0 Å². The number of nitrogens with zero attached hydrogens (tertiary/aromatic N) is 5. The molecule has 2 rings (SSSR count). The highest BCUT2D eigenvalue weighted by Crippen LogP contribution is 1.94. The van der Waals surface area contributed by atoms with Gasteiger partial charge in [-0.1, -0.05) is 10.4 Å². The van der Waals surface area contributed by atoms with Gasteiger partial charge in [0, 0.05) is 13.0 Å². The molecule has 100 valence electrons. The number of aliphatic carboxylic acids is 1. The van der Waals surface area contributed by atoms with Crippen LogP contribution < -0.4 is 5.32 Å². The predicted octanol–water partition coefficient (Wildman–Crippen LogP) is -1.28. The summed E-state index contributed by atoms with van der Waals surface area (Å²) < 4.78 is 5.61. The van der Waals surface area contributed by atoms with Gasteiger partial charge in [0.1, 0.15) is 6.54 Å². The van der Waals surface area contributed by atoms with E-state index >= 15 is 0 Å². The largest absolute Gasteiger partial charge is 0.480 e. The van der Waals surface area contributed by atoms with E-state index in [2.05, 4.69) is 30.3 Å². The first-order chi connectivity index (χ1) is 9.15. The molecule has 0 bridgehead atoms.